The lowest BCUT2D eigenvalue weighted by Crippen LogP contribution is -2.41. The van der Waals surface area contributed by atoms with E-state index in [0.29, 0.717) is 6.61 Å². The number of carbonyl (C=O) groups is 1. The minimum atomic E-state index is -0.193. The minimum absolute atomic E-state index is 0.0412. The number of hydrogen-bond donors (Lipinski definition) is 0. The van der Waals surface area contributed by atoms with Crippen LogP contribution < -0.4 is 4.74 Å². The summed E-state index contributed by atoms with van der Waals surface area (Å²) < 4.78 is 11.1. The second-order valence-electron chi connectivity index (χ2n) is 6.53. The normalized spacial score (nSPS) is 26.4. The second kappa shape index (κ2) is 5.39. The molecule has 0 spiro atoms. The molecule has 1 fully saturated rings. The Hall–Kier alpha value is -1.88. The van der Waals surface area contributed by atoms with Gasteiger partial charge in [0.15, 0.2) is 0 Å². The number of hydrazone groups is 1. The van der Waals surface area contributed by atoms with Crippen molar-refractivity contribution in [3.63, 3.8) is 0 Å². The number of ether oxygens (including phenoxy) is 2. The van der Waals surface area contributed by atoms with Crippen molar-refractivity contribution in [1.82, 2.24) is 5.01 Å². The van der Waals surface area contributed by atoms with Crippen molar-refractivity contribution >= 4 is 11.6 Å². The van der Waals surface area contributed by atoms with Crippen LogP contribution >= 0.6 is 0 Å². The third-order valence-corrected chi connectivity index (χ3v) is 4.41. The number of benzene rings is 1. The number of nitrogens with zero attached hydrogens (tertiary/aromatic N) is 2. The molecular formula is C17H22N2O3. The lowest BCUT2D eigenvalue weighted by molar-refractivity contribution is -0.131. The summed E-state index contributed by atoms with van der Waals surface area (Å²) in [6.07, 6.45) is 0.853. The molecule has 118 valence electrons. The number of fused-ring (bicyclic) bond motifs is 1. The van der Waals surface area contributed by atoms with Gasteiger partial charge in [0, 0.05) is 12.8 Å². The molecule has 0 saturated carbocycles. The van der Waals surface area contributed by atoms with Crippen LogP contribution in [0.25, 0.3) is 0 Å². The van der Waals surface area contributed by atoms with Crippen molar-refractivity contribution < 1.29 is 14.3 Å². The number of hydrogen-bond acceptors (Lipinski definition) is 4. The maximum absolute atomic E-state index is 12.0. The molecule has 1 saturated heterocycles. The number of amides is 1. The fourth-order valence-electron chi connectivity index (χ4n) is 3.29. The first-order valence-electron chi connectivity index (χ1n) is 7.56. The van der Waals surface area contributed by atoms with E-state index in [4.69, 9.17) is 9.47 Å². The highest BCUT2D eigenvalue weighted by molar-refractivity contribution is 5.93. The fourth-order valence-corrected chi connectivity index (χ4v) is 3.29. The average Bonchev–Trinajstić information content (AvgIpc) is 2.85. The molecule has 5 heteroatoms. The quantitative estimate of drug-likeness (QED) is 0.844. The SMILES string of the molecule is COc1ccc([C@@H]2[C@H]3CC(C)(C)OCC3=NN2C(C)=O)cc1. The maximum atomic E-state index is 12.0. The Morgan fingerprint density at radius 3 is 2.64 bits per heavy atom. The van der Waals surface area contributed by atoms with Gasteiger partial charge in [-0.25, -0.2) is 5.01 Å². The van der Waals surface area contributed by atoms with Crippen LogP contribution in [0.3, 0.4) is 0 Å². The van der Waals surface area contributed by atoms with Crippen LogP contribution in [0.4, 0.5) is 0 Å². The molecular weight excluding hydrogens is 280 g/mol. The van der Waals surface area contributed by atoms with E-state index in [1.807, 2.05) is 24.3 Å². The molecule has 0 radical (unpaired) electrons. The zero-order valence-corrected chi connectivity index (χ0v) is 13.5. The summed E-state index contributed by atoms with van der Waals surface area (Å²) in [4.78, 5) is 12.0. The molecule has 0 N–H and O–H groups in total. The first-order chi connectivity index (χ1) is 10.4. The summed E-state index contributed by atoms with van der Waals surface area (Å²) in [6.45, 7) is 6.23. The highest BCUT2D eigenvalue weighted by atomic mass is 16.5. The lowest BCUT2D eigenvalue weighted by Gasteiger charge is -2.37. The minimum Gasteiger partial charge on any atom is -0.497 e. The first-order valence-corrected chi connectivity index (χ1v) is 7.56. The molecule has 2 heterocycles. The monoisotopic (exact) mass is 302 g/mol. The largest absolute Gasteiger partial charge is 0.497 e. The van der Waals surface area contributed by atoms with Crippen LogP contribution in [-0.4, -0.2) is 35.9 Å². The van der Waals surface area contributed by atoms with Crippen molar-refractivity contribution in [1.29, 1.82) is 0 Å². The fraction of sp³-hybridized carbons (Fsp3) is 0.529. The van der Waals surface area contributed by atoms with E-state index in [2.05, 4.69) is 18.9 Å². The molecule has 0 unspecified atom stereocenters. The molecule has 3 rings (SSSR count). The van der Waals surface area contributed by atoms with Gasteiger partial charge in [-0.15, -0.1) is 0 Å². The van der Waals surface area contributed by atoms with Gasteiger partial charge in [-0.1, -0.05) is 12.1 Å². The van der Waals surface area contributed by atoms with Gasteiger partial charge < -0.3 is 9.47 Å². The molecule has 1 aromatic rings. The Labute approximate surface area is 130 Å². The molecule has 5 nitrogen and oxygen atoms in total. The molecule has 0 aromatic heterocycles. The smallest absolute Gasteiger partial charge is 0.240 e. The average molecular weight is 302 g/mol. The van der Waals surface area contributed by atoms with Crippen LogP contribution in [-0.2, 0) is 9.53 Å². The summed E-state index contributed by atoms with van der Waals surface area (Å²) in [5, 5.41) is 6.12. The predicted octanol–water partition coefficient (Wildman–Crippen LogP) is 2.77. The summed E-state index contributed by atoms with van der Waals surface area (Å²) in [7, 11) is 1.65. The van der Waals surface area contributed by atoms with Crippen LogP contribution in [0.2, 0.25) is 0 Å². The third-order valence-electron chi connectivity index (χ3n) is 4.41. The molecule has 2 aliphatic heterocycles. The Balaban J connectivity index is 1.96. The molecule has 2 atom stereocenters. The van der Waals surface area contributed by atoms with Crippen molar-refractivity contribution in [2.24, 2.45) is 11.0 Å². The van der Waals surface area contributed by atoms with Crippen LogP contribution in [0, 0.1) is 5.92 Å². The second-order valence-corrected chi connectivity index (χ2v) is 6.53. The molecule has 1 aromatic carbocycles. The van der Waals surface area contributed by atoms with E-state index >= 15 is 0 Å². The summed E-state index contributed by atoms with van der Waals surface area (Å²) in [5.41, 5.74) is 1.86. The molecule has 0 bridgehead atoms. The maximum Gasteiger partial charge on any atom is 0.240 e. The highest BCUT2D eigenvalue weighted by Gasteiger charge is 2.46. The van der Waals surface area contributed by atoms with Gasteiger partial charge in [0.2, 0.25) is 5.91 Å². The number of rotatable bonds is 2. The van der Waals surface area contributed by atoms with E-state index in [9.17, 15) is 4.79 Å². The third kappa shape index (κ3) is 2.61. The van der Waals surface area contributed by atoms with Crippen molar-refractivity contribution in [2.75, 3.05) is 13.7 Å². The van der Waals surface area contributed by atoms with Crippen LogP contribution in [0.1, 0.15) is 38.8 Å². The van der Waals surface area contributed by atoms with Crippen molar-refractivity contribution in [3.05, 3.63) is 29.8 Å². The molecule has 0 aliphatic carbocycles. The van der Waals surface area contributed by atoms with Gasteiger partial charge >= 0.3 is 0 Å². The van der Waals surface area contributed by atoms with E-state index in [0.717, 1.165) is 23.4 Å². The van der Waals surface area contributed by atoms with Crippen LogP contribution in [0.5, 0.6) is 5.75 Å². The Morgan fingerprint density at radius 2 is 2.05 bits per heavy atom. The molecule has 22 heavy (non-hydrogen) atoms. The van der Waals surface area contributed by atoms with E-state index < -0.39 is 0 Å². The zero-order chi connectivity index (χ0) is 15.9. The lowest BCUT2D eigenvalue weighted by atomic mass is 9.80. The van der Waals surface area contributed by atoms with E-state index in [-0.39, 0.29) is 23.5 Å². The van der Waals surface area contributed by atoms with Gasteiger partial charge in [-0.3, -0.25) is 4.79 Å². The summed E-state index contributed by atoms with van der Waals surface area (Å²) >= 11 is 0. The Morgan fingerprint density at radius 1 is 1.36 bits per heavy atom. The Bertz CT molecular complexity index is 607. The van der Waals surface area contributed by atoms with Crippen molar-refractivity contribution in [3.8, 4) is 5.75 Å². The van der Waals surface area contributed by atoms with E-state index in [1.54, 1.807) is 19.0 Å². The van der Waals surface area contributed by atoms with Gasteiger partial charge in [-0.2, -0.15) is 5.10 Å². The van der Waals surface area contributed by atoms with Gasteiger partial charge in [0.05, 0.1) is 31.1 Å². The van der Waals surface area contributed by atoms with Crippen LogP contribution in [0.15, 0.2) is 29.4 Å². The van der Waals surface area contributed by atoms with E-state index in [1.165, 1.54) is 0 Å². The Kier molecular flexibility index (Phi) is 3.68. The predicted molar refractivity (Wildman–Crippen MR) is 83.8 cm³/mol. The number of methoxy groups -OCH3 is 1. The first kappa shape index (κ1) is 15.0. The summed E-state index contributed by atoms with van der Waals surface area (Å²) in [6, 6.07) is 7.83. The zero-order valence-electron chi connectivity index (χ0n) is 13.5. The topological polar surface area (TPSA) is 51.1 Å². The van der Waals surface area contributed by atoms with Crippen molar-refractivity contribution in [2.45, 2.75) is 38.8 Å². The highest BCUT2D eigenvalue weighted by Crippen LogP contribution is 2.43. The molecule has 2 aliphatic rings. The van der Waals surface area contributed by atoms with Gasteiger partial charge in [0.1, 0.15) is 5.75 Å². The van der Waals surface area contributed by atoms with Gasteiger partial charge in [-0.05, 0) is 38.0 Å². The molecule has 1 amide bonds. The standard InChI is InChI=1S/C17H22N2O3/c1-11(20)19-16(12-5-7-13(21-4)8-6-12)14-9-17(2,3)22-10-15(14)18-19/h5-8,14,16H,9-10H2,1-4H3/t14-,16+/m0/s1. The summed E-state index contributed by atoms with van der Waals surface area (Å²) in [5.74, 6) is 0.978. The number of carbonyl (C=O) groups excluding carboxylic acids is 1. The van der Waals surface area contributed by atoms with Gasteiger partial charge in [0.25, 0.3) is 0 Å².